The van der Waals surface area contributed by atoms with Gasteiger partial charge in [-0.25, -0.2) is 0 Å². The van der Waals surface area contributed by atoms with Gasteiger partial charge in [-0.05, 0) is 31.0 Å². The third kappa shape index (κ3) is 5.99. The number of nitrogens with zero attached hydrogens (tertiary/aromatic N) is 3. The summed E-state index contributed by atoms with van der Waals surface area (Å²) in [6, 6.07) is 8.93. The van der Waals surface area contributed by atoms with Crippen LogP contribution in [0.3, 0.4) is 0 Å². The standard InChI is InChI=1S/C19H30BrN5O/c1-4-9-22-18(26)14-23-19(21-3)25-12-10-24(11-13-25)15(2)16-5-7-17(20)8-6-16/h5-8,15H,4,9-14H2,1-3H3,(H,21,23)(H,22,26). The van der Waals surface area contributed by atoms with Crippen molar-refractivity contribution in [2.24, 2.45) is 4.99 Å². The summed E-state index contributed by atoms with van der Waals surface area (Å²) >= 11 is 3.49. The van der Waals surface area contributed by atoms with Gasteiger partial charge in [-0.2, -0.15) is 0 Å². The highest BCUT2D eigenvalue weighted by atomic mass is 79.9. The van der Waals surface area contributed by atoms with E-state index in [2.05, 4.69) is 72.5 Å². The number of guanidine groups is 1. The topological polar surface area (TPSA) is 60.0 Å². The van der Waals surface area contributed by atoms with Gasteiger partial charge in [0.1, 0.15) is 0 Å². The van der Waals surface area contributed by atoms with E-state index in [1.54, 1.807) is 7.05 Å². The minimum absolute atomic E-state index is 0.00972. The zero-order valence-corrected chi connectivity index (χ0v) is 17.6. The van der Waals surface area contributed by atoms with Crippen molar-refractivity contribution in [3.05, 3.63) is 34.3 Å². The predicted octanol–water partition coefficient (Wildman–Crippen LogP) is 2.23. The van der Waals surface area contributed by atoms with Crippen molar-refractivity contribution in [1.82, 2.24) is 20.4 Å². The minimum Gasteiger partial charge on any atom is -0.355 e. The van der Waals surface area contributed by atoms with Gasteiger partial charge >= 0.3 is 0 Å². The summed E-state index contributed by atoms with van der Waals surface area (Å²) in [4.78, 5) is 20.8. The van der Waals surface area contributed by atoms with Crippen LogP contribution in [-0.2, 0) is 4.79 Å². The smallest absolute Gasteiger partial charge is 0.239 e. The highest BCUT2D eigenvalue weighted by molar-refractivity contribution is 9.10. The van der Waals surface area contributed by atoms with Crippen LogP contribution >= 0.6 is 15.9 Å². The van der Waals surface area contributed by atoms with Crippen molar-refractivity contribution in [3.63, 3.8) is 0 Å². The molecule has 0 aliphatic carbocycles. The summed E-state index contributed by atoms with van der Waals surface area (Å²) in [6.45, 7) is 9.02. The number of carbonyl (C=O) groups excluding carboxylic acids is 1. The predicted molar refractivity (Wildman–Crippen MR) is 110 cm³/mol. The van der Waals surface area contributed by atoms with Crippen LogP contribution in [0.25, 0.3) is 0 Å². The first-order valence-electron chi connectivity index (χ1n) is 9.27. The van der Waals surface area contributed by atoms with Gasteiger partial charge in [-0.3, -0.25) is 14.7 Å². The fourth-order valence-electron chi connectivity index (χ4n) is 3.09. The largest absolute Gasteiger partial charge is 0.355 e. The molecule has 1 fully saturated rings. The minimum atomic E-state index is 0.00972. The Morgan fingerprint density at radius 3 is 2.42 bits per heavy atom. The van der Waals surface area contributed by atoms with E-state index >= 15 is 0 Å². The summed E-state index contributed by atoms with van der Waals surface area (Å²) in [7, 11) is 1.77. The Morgan fingerprint density at radius 1 is 1.19 bits per heavy atom. The average molecular weight is 424 g/mol. The zero-order valence-electron chi connectivity index (χ0n) is 16.0. The third-order valence-corrected chi connectivity index (χ3v) is 5.23. The van der Waals surface area contributed by atoms with Crippen LogP contribution in [0.5, 0.6) is 0 Å². The van der Waals surface area contributed by atoms with E-state index in [0.717, 1.165) is 43.0 Å². The van der Waals surface area contributed by atoms with Crippen molar-refractivity contribution < 1.29 is 4.79 Å². The Bertz CT molecular complexity index is 596. The van der Waals surface area contributed by atoms with Gasteiger partial charge in [-0.1, -0.05) is 35.0 Å². The Labute approximate surface area is 165 Å². The summed E-state index contributed by atoms with van der Waals surface area (Å²) in [5.41, 5.74) is 1.33. The molecule has 1 saturated heterocycles. The van der Waals surface area contributed by atoms with E-state index in [-0.39, 0.29) is 12.5 Å². The number of amides is 1. The number of hydrogen-bond acceptors (Lipinski definition) is 3. The number of halogens is 1. The molecule has 1 atom stereocenters. The molecule has 1 heterocycles. The lowest BCUT2D eigenvalue weighted by Crippen LogP contribution is -2.54. The van der Waals surface area contributed by atoms with E-state index in [0.29, 0.717) is 12.6 Å². The highest BCUT2D eigenvalue weighted by Gasteiger charge is 2.23. The van der Waals surface area contributed by atoms with Gasteiger partial charge in [0.05, 0.1) is 6.54 Å². The molecule has 144 valence electrons. The van der Waals surface area contributed by atoms with Gasteiger partial charge in [0.25, 0.3) is 0 Å². The number of rotatable bonds is 6. The number of piperazine rings is 1. The number of nitrogens with one attached hydrogen (secondary N) is 2. The van der Waals surface area contributed by atoms with Crippen LogP contribution in [0.1, 0.15) is 31.9 Å². The molecule has 1 amide bonds. The number of carbonyl (C=O) groups is 1. The second-order valence-corrected chi connectivity index (χ2v) is 7.42. The van der Waals surface area contributed by atoms with Gasteiger partial charge in [0.15, 0.2) is 5.96 Å². The number of aliphatic imine (C=N–C) groups is 1. The summed E-state index contributed by atoms with van der Waals surface area (Å²) < 4.78 is 1.11. The molecule has 2 rings (SSSR count). The molecule has 1 aliphatic heterocycles. The highest BCUT2D eigenvalue weighted by Crippen LogP contribution is 2.23. The molecule has 0 bridgehead atoms. The molecule has 2 N–H and O–H groups in total. The van der Waals surface area contributed by atoms with Crippen LogP contribution in [0.15, 0.2) is 33.7 Å². The Morgan fingerprint density at radius 2 is 1.85 bits per heavy atom. The second-order valence-electron chi connectivity index (χ2n) is 6.50. The van der Waals surface area contributed by atoms with Crippen molar-refractivity contribution in [3.8, 4) is 0 Å². The monoisotopic (exact) mass is 423 g/mol. The van der Waals surface area contributed by atoms with Gasteiger partial charge in [-0.15, -0.1) is 0 Å². The zero-order chi connectivity index (χ0) is 18.9. The fourth-order valence-corrected chi connectivity index (χ4v) is 3.36. The van der Waals surface area contributed by atoms with Crippen LogP contribution in [0, 0.1) is 0 Å². The maximum Gasteiger partial charge on any atom is 0.239 e. The van der Waals surface area contributed by atoms with Crippen molar-refractivity contribution in [2.45, 2.75) is 26.3 Å². The molecule has 1 aliphatic rings. The van der Waals surface area contributed by atoms with Gasteiger partial charge in [0, 0.05) is 50.3 Å². The lowest BCUT2D eigenvalue weighted by atomic mass is 10.1. The second kappa shape index (κ2) is 10.5. The summed E-state index contributed by atoms with van der Waals surface area (Å²) in [5, 5.41) is 6.04. The van der Waals surface area contributed by atoms with E-state index in [1.807, 2.05) is 6.92 Å². The molecule has 7 heteroatoms. The van der Waals surface area contributed by atoms with Crippen LogP contribution in [-0.4, -0.2) is 68.0 Å². The molecular formula is C19H30BrN5O. The molecule has 1 unspecified atom stereocenters. The summed E-state index contributed by atoms with van der Waals surface area (Å²) in [5.74, 6) is 0.808. The normalized spacial score (nSPS) is 17.1. The third-order valence-electron chi connectivity index (χ3n) is 4.70. The van der Waals surface area contributed by atoms with Crippen molar-refractivity contribution >= 4 is 27.8 Å². The van der Waals surface area contributed by atoms with Gasteiger partial charge in [0.2, 0.25) is 5.91 Å². The maximum absolute atomic E-state index is 11.8. The molecule has 0 saturated carbocycles. The molecule has 26 heavy (non-hydrogen) atoms. The van der Waals surface area contributed by atoms with E-state index in [4.69, 9.17) is 0 Å². The van der Waals surface area contributed by atoms with Crippen LogP contribution < -0.4 is 10.6 Å². The first-order valence-corrected chi connectivity index (χ1v) is 10.1. The molecule has 0 radical (unpaired) electrons. The Kier molecular flexibility index (Phi) is 8.38. The molecule has 1 aromatic rings. The molecule has 6 nitrogen and oxygen atoms in total. The molecular weight excluding hydrogens is 394 g/mol. The first-order chi connectivity index (χ1) is 12.5. The van der Waals surface area contributed by atoms with Crippen molar-refractivity contribution in [2.75, 3.05) is 46.3 Å². The lowest BCUT2D eigenvalue weighted by molar-refractivity contribution is -0.120. The first kappa shape index (κ1) is 20.7. The van der Waals surface area contributed by atoms with Gasteiger partial charge < -0.3 is 15.5 Å². The molecule has 1 aromatic carbocycles. The van der Waals surface area contributed by atoms with Crippen LogP contribution in [0.4, 0.5) is 0 Å². The van der Waals surface area contributed by atoms with Crippen LogP contribution in [0.2, 0.25) is 0 Å². The SMILES string of the molecule is CCCNC(=O)CNC(=NC)N1CCN(C(C)c2ccc(Br)cc2)CC1. The number of hydrogen-bond donors (Lipinski definition) is 2. The average Bonchev–Trinajstić information content (AvgIpc) is 2.67. The van der Waals surface area contributed by atoms with Crippen molar-refractivity contribution in [1.29, 1.82) is 0 Å². The maximum atomic E-state index is 11.8. The summed E-state index contributed by atoms with van der Waals surface area (Å²) in [6.07, 6.45) is 0.943. The quantitative estimate of drug-likeness (QED) is 0.543. The molecule has 0 aromatic heterocycles. The van der Waals surface area contributed by atoms with E-state index in [9.17, 15) is 4.79 Å². The lowest BCUT2D eigenvalue weighted by Gasteiger charge is -2.39. The van der Waals surface area contributed by atoms with E-state index in [1.165, 1.54) is 5.56 Å². The Balaban J connectivity index is 1.82. The molecule has 0 spiro atoms. The van der Waals surface area contributed by atoms with E-state index < -0.39 is 0 Å². The fraction of sp³-hybridized carbons (Fsp3) is 0.579. The number of benzene rings is 1. The Hall–Kier alpha value is -1.60.